The summed E-state index contributed by atoms with van der Waals surface area (Å²) in [5.41, 5.74) is 12.3. The van der Waals surface area contributed by atoms with Crippen LogP contribution in [-0.2, 0) is 4.74 Å². The molecule has 132 valence electrons. The lowest BCUT2D eigenvalue weighted by molar-refractivity contribution is -0.0444. The van der Waals surface area contributed by atoms with Crippen LogP contribution in [0, 0.1) is 0 Å². The molecule has 3 rings (SSSR count). The Morgan fingerprint density at radius 1 is 1.33 bits per heavy atom. The van der Waals surface area contributed by atoms with Crippen molar-refractivity contribution in [1.29, 1.82) is 0 Å². The molecular weight excluding hydrogens is 314 g/mol. The molecule has 0 bridgehead atoms. The largest absolute Gasteiger partial charge is 0.387 e. The standard InChI is InChI=1S/C14H23N7O3/c1-7(3-15)20(2)4-8-10(22)11(23)14(24-8)21-6-19-9-12(16)17-5-18-13(9)21/h5-8,10-11,14,22-23H,3-4,15H2,1-2H3,(H2,16,17,18)/t7?,8-,10-,11-,14-/m1/s1. The van der Waals surface area contributed by atoms with Gasteiger partial charge in [0.05, 0.1) is 6.33 Å². The summed E-state index contributed by atoms with van der Waals surface area (Å²) in [5.74, 6) is 0.250. The second kappa shape index (κ2) is 6.57. The normalized spacial score (nSPS) is 28.8. The highest BCUT2D eigenvalue weighted by Crippen LogP contribution is 2.32. The van der Waals surface area contributed by atoms with Crippen LogP contribution in [0.15, 0.2) is 12.7 Å². The van der Waals surface area contributed by atoms with E-state index in [1.54, 1.807) is 4.57 Å². The number of rotatable bonds is 5. The highest BCUT2D eigenvalue weighted by atomic mass is 16.6. The fraction of sp³-hybridized carbons (Fsp3) is 0.643. The third kappa shape index (κ3) is 2.82. The molecular formula is C14H23N7O3. The van der Waals surface area contributed by atoms with Crippen molar-refractivity contribution in [2.24, 2.45) is 5.73 Å². The van der Waals surface area contributed by atoms with E-state index in [-0.39, 0.29) is 11.9 Å². The quantitative estimate of drug-likeness (QED) is 0.501. The van der Waals surface area contributed by atoms with Crippen LogP contribution in [0.4, 0.5) is 5.82 Å². The second-order valence-electron chi connectivity index (χ2n) is 6.15. The highest BCUT2D eigenvalue weighted by molar-refractivity contribution is 5.81. The lowest BCUT2D eigenvalue weighted by atomic mass is 10.1. The predicted octanol–water partition coefficient (Wildman–Crippen LogP) is -1.69. The molecule has 5 atom stereocenters. The molecule has 0 aromatic carbocycles. The number of aliphatic hydroxyl groups excluding tert-OH is 2. The van der Waals surface area contributed by atoms with Gasteiger partial charge in [-0.05, 0) is 14.0 Å². The molecule has 10 nitrogen and oxygen atoms in total. The monoisotopic (exact) mass is 337 g/mol. The molecule has 10 heteroatoms. The van der Waals surface area contributed by atoms with Gasteiger partial charge in [0.1, 0.15) is 30.2 Å². The van der Waals surface area contributed by atoms with Crippen LogP contribution in [0.5, 0.6) is 0 Å². The maximum Gasteiger partial charge on any atom is 0.167 e. The zero-order valence-electron chi connectivity index (χ0n) is 13.6. The topological polar surface area (TPSA) is 149 Å². The Labute approximate surface area is 139 Å². The molecule has 1 aliphatic rings. The Hall–Kier alpha value is -1.85. The molecule has 6 N–H and O–H groups in total. The van der Waals surface area contributed by atoms with Gasteiger partial charge in [-0.25, -0.2) is 15.0 Å². The van der Waals surface area contributed by atoms with Crippen molar-refractivity contribution >= 4 is 17.0 Å². The number of imidazole rings is 1. The van der Waals surface area contributed by atoms with E-state index in [0.29, 0.717) is 24.3 Å². The summed E-state index contributed by atoms with van der Waals surface area (Å²) in [4.78, 5) is 14.2. The summed E-state index contributed by atoms with van der Waals surface area (Å²) in [6, 6.07) is 0.138. The van der Waals surface area contributed by atoms with Crippen molar-refractivity contribution in [3.63, 3.8) is 0 Å². The van der Waals surface area contributed by atoms with Crippen LogP contribution < -0.4 is 11.5 Å². The van der Waals surface area contributed by atoms with Crippen molar-refractivity contribution in [2.45, 2.75) is 37.5 Å². The summed E-state index contributed by atoms with van der Waals surface area (Å²) < 4.78 is 7.45. The van der Waals surface area contributed by atoms with E-state index in [9.17, 15) is 10.2 Å². The van der Waals surface area contributed by atoms with Crippen LogP contribution in [-0.4, -0.2) is 79.1 Å². The Kier molecular flexibility index (Phi) is 4.65. The minimum atomic E-state index is -1.11. The van der Waals surface area contributed by atoms with Gasteiger partial charge in [0.15, 0.2) is 17.7 Å². The fourth-order valence-electron chi connectivity index (χ4n) is 2.81. The van der Waals surface area contributed by atoms with Crippen molar-refractivity contribution < 1.29 is 14.9 Å². The van der Waals surface area contributed by atoms with Gasteiger partial charge in [-0.15, -0.1) is 0 Å². The fourth-order valence-corrected chi connectivity index (χ4v) is 2.81. The average molecular weight is 337 g/mol. The molecule has 0 radical (unpaired) electrons. The number of hydrogen-bond donors (Lipinski definition) is 4. The maximum atomic E-state index is 10.4. The number of ether oxygens (including phenoxy) is 1. The van der Waals surface area contributed by atoms with Crippen LogP contribution in [0.3, 0.4) is 0 Å². The van der Waals surface area contributed by atoms with Gasteiger partial charge in [-0.3, -0.25) is 9.47 Å². The molecule has 0 amide bonds. The van der Waals surface area contributed by atoms with E-state index in [1.165, 1.54) is 12.7 Å². The molecule has 1 saturated heterocycles. The number of aromatic nitrogens is 4. The summed E-state index contributed by atoms with van der Waals surface area (Å²) in [7, 11) is 1.90. The lowest BCUT2D eigenvalue weighted by Crippen LogP contribution is -2.44. The van der Waals surface area contributed by atoms with Crippen LogP contribution in [0.1, 0.15) is 13.2 Å². The van der Waals surface area contributed by atoms with Crippen LogP contribution in [0.25, 0.3) is 11.2 Å². The molecule has 2 aromatic heterocycles. The summed E-state index contributed by atoms with van der Waals surface area (Å²) in [6.45, 7) is 2.92. The molecule has 0 aliphatic carbocycles. The van der Waals surface area contributed by atoms with E-state index in [4.69, 9.17) is 16.2 Å². The van der Waals surface area contributed by atoms with Gasteiger partial charge in [0.25, 0.3) is 0 Å². The third-order valence-electron chi connectivity index (χ3n) is 4.56. The molecule has 1 unspecified atom stereocenters. The summed E-state index contributed by atoms with van der Waals surface area (Å²) in [6.07, 6.45) is -0.692. The van der Waals surface area contributed by atoms with Gasteiger partial charge in [-0.2, -0.15) is 0 Å². The Morgan fingerprint density at radius 3 is 2.79 bits per heavy atom. The van der Waals surface area contributed by atoms with Crippen molar-refractivity contribution in [3.8, 4) is 0 Å². The minimum Gasteiger partial charge on any atom is -0.387 e. The molecule has 0 spiro atoms. The van der Waals surface area contributed by atoms with Gasteiger partial charge >= 0.3 is 0 Å². The number of aliphatic hydroxyl groups is 2. The Balaban J connectivity index is 1.83. The molecule has 1 aliphatic heterocycles. The lowest BCUT2D eigenvalue weighted by Gasteiger charge is -2.27. The van der Waals surface area contributed by atoms with Crippen molar-refractivity contribution in [3.05, 3.63) is 12.7 Å². The van der Waals surface area contributed by atoms with E-state index >= 15 is 0 Å². The molecule has 3 heterocycles. The van der Waals surface area contributed by atoms with Crippen LogP contribution >= 0.6 is 0 Å². The Bertz CT molecular complexity index is 709. The van der Waals surface area contributed by atoms with E-state index in [1.807, 2.05) is 18.9 Å². The number of anilines is 1. The first-order chi connectivity index (χ1) is 11.4. The minimum absolute atomic E-state index is 0.138. The van der Waals surface area contributed by atoms with Crippen molar-refractivity contribution in [2.75, 3.05) is 25.9 Å². The molecule has 24 heavy (non-hydrogen) atoms. The van der Waals surface area contributed by atoms with E-state index < -0.39 is 24.5 Å². The first kappa shape index (κ1) is 17.0. The smallest absolute Gasteiger partial charge is 0.167 e. The Morgan fingerprint density at radius 2 is 2.08 bits per heavy atom. The average Bonchev–Trinajstić information content (AvgIpc) is 3.11. The number of fused-ring (bicyclic) bond motifs is 1. The van der Waals surface area contributed by atoms with Gasteiger partial charge in [-0.1, -0.05) is 0 Å². The summed E-state index contributed by atoms with van der Waals surface area (Å²) in [5, 5.41) is 20.7. The van der Waals surface area contributed by atoms with Crippen LogP contribution in [0.2, 0.25) is 0 Å². The summed E-state index contributed by atoms with van der Waals surface area (Å²) >= 11 is 0. The second-order valence-corrected chi connectivity index (χ2v) is 6.15. The predicted molar refractivity (Wildman–Crippen MR) is 86.8 cm³/mol. The zero-order valence-corrected chi connectivity index (χ0v) is 13.6. The number of nitrogens with two attached hydrogens (primary N) is 2. The number of likely N-dealkylation sites (N-methyl/N-ethyl adjacent to an activating group) is 1. The zero-order chi connectivity index (χ0) is 17.4. The van der Waals surface area contributed by atoms with E-state index in [0.717, 1.165) is 0 Å². The van der Waals surface area contributed by atoms with E-state index in [2.05, 4.69) is 15.0 Å². The SMILES string of the molecule is CC(CN)N(C)C[C@H]1O[C@@H](n2cnc3c(N)ncnc32)[C@H](O)[C@@H]1O. The maximum absolute atomic E-state index is 10.4. The number of nitrogen functional groups attached to an aromatic ring is 1. The number of hydrogen-bond acceptors (Lipinski definition) is 9. The first-order valence-electron chi connectivity index (χ1n) is 7.79. The molecule has 1 fully saturated rings. The molecule has 2 aromatic rings. The van der Waals surface area contributed by atoms with Gasteiger partial charge in [0, 0.05) is 19.1 Å². The third-order valence-corrected chi connectivity index (χ3v) is 4.56. The van der Waals surface area contributed by atoms with Crippen molar-refractivity contribution in [1.82, 2.24) is 24.4 Å². The first-order valence-corrected chi connectivity index (χ1v) is 7.79. The van der Waals surface area contributed by atoms with Gasteiger partial charge in [0.2, 0.25) is 0 Å². The van der Waals surface area contributed by atoms with Gasteiger partial charge < -0.3 is 26.4 Å². The molecule has 0 saturated carbocycles. The highest BCUT2D eigenvalue weighted by Gasteiger charge is 2.44. The number of nitrogens with zero attached hydrogens (tertiary/aromatic N) is 5.